The fraction of sp³-hybridized carbons (Fsp3) is 0.481. The van der Waals surface area contributed by atoms with Crippen LogP contribution in [0.2, 0.25) is 0 Å². The number of aliphatic carboxylic acids is 2. The van der Waals surface area contributed by atoms with Crippen LogP contribution in [0.1, 0.15) is 30.0 Å². The van der Waals surface area contributed by atoms with Gasteiger partial charge in [-0.2, -0.15) is 4.31 Å². The zero-order valence-corrected chi connectivity index (χ0v) is 22.9. The summed E-state index contributed by atoms with van der Waals surface area (Å²) in [5.41, 5.74) is 1.77. The molecule has 1 unspecified atom stereocenters. The Hall–Kier alpha value is -3.03. The van der Waals surface area contributed by atoms with Crippen molar-refractivity contribution in [2.75, 3.05) is 50.4 Å². The molecule has 12 heteroatoms. The third-order valence-electron chi connectivity index (χ3n) is 7.52. The largest absolute Gasteiger partial charge is 0.479 e. The first-order valence-electron chi connectivity index (χ1n) is 12.9. The van der Waals surface area contributed by atoms with Crippen LogP contribution in [-0.2, 0) is 36.5 Å². The molecule has 0 aromatic heterocycles. The molecular formula is C27H35N3O8S. The molecule has 0 amide bonds. The summed E-state index contributed by atoms with van der Waals surface area (Å²) in [4.78, 5) is 27.9. The zero-order valence-electron chi connectivity index (χ0n) is 22.1. The fourth-order valence-electron chi connectivity index (χ4n) is 5.36. The average molecular weight is 562 g/mol. The predicted octanol–water partition coefficient (Wildman–Crippen LogP) is 1.15. The molecule has 0 bridgehead atoms. The van der Waals surface area contributed by atoms with Crippen molar-refractivity contribution < 1.29 is 38.1 Å². The maximum absolute atomic E-state index is 12.3. The fourth-order valence-corrected chi connectivity index (χ4v) is 6.44. The van der Waals surface area contributed by atoms with E-state index in [-0.39, 0.29) is 5.75 Å². The molecule has 1 fully saturated rings. The summed E-state index contributed by atoms with van der Waals surface area (Å²) in [7, 11) is -1.32. The molecule has 0 aliphatic carbocycles. The minimum atomic E-state index is -3.26. The molecule has 1 saturated heterocycles. The van der Waals surface area contributed by atoms with Gasteiger partial charge in [0, 0.05) is 45.0 Å². The highest BCUT2D eigenvalue weighted by atomic mass is 32.2. The summed E-state index contributed by atoms with van der Waals surface area (Å²) in [6.45, 7) is 4.51. The summed E-state index contributed by atoms with van der Waals surface area (Å²) in [5, 5.41) is 29.5. The lowest BCUT2D eigenvalue weighted by atomic mass is 9.81. The number of anilines is 1. The molecule has 2 aromatic rings. The molecule has 11 nitrogen and oxygen atoms in total. The quantitative estimate of drug-likeness (QED) is 0.407. The molecule has 0 saturated carbocycles. The Morgan fingerprint density at radius 1 is 1.00 bits per heavy atom. The highest BCUT2D eigenvalue weighted by molar-refractivity contribution is 7.89. The number of carboxylic acid groups (broad SMARTS) is 2. The second-order valence-corrected chi connectivity index (χ2v) is 12.2. The lowest BCUT2D eigenvalue weighted by molar-refractivity contribution is -0.185. The van der Waals surface area contributed by atoms with Gasteiger partial charge < -0.3 is 29.9 Å². The Morgan fingerprint density at radius 3 is 2.26 bits per heavy atom. The number of aliphatic hydroxyl groups is 1. The first-order chi connectivity index (χ1) is 18.5. The van der Waals surface area contributed by atoms with Gasteiger partial charge in [-0.05, 0) is 49.2 Å². The third-order valence-corrected chi connectivity index (χ3v) is 9.40. The number of ether oxygens (including phenoxy) is 1. The minimum absolute atomic E-state index is 0.0632. The number of benzene rings is 2. The van der Waals surface area contributed by atoms with Gasteiger partial charge in [0.15, 0.2) is 12.2 Å². The molecule has 39 heavy (non-hydrogen) atoms. The van der Waals surface area contributed by atoms with Gasteiger partial charge in [0.25, 0.3) is 0 Å². The van der Waals surface area contributed by atoms with Crippen LogP contribution in [0.5, 0.6) is 0 Å². The number of hydrogen-bond acceptors (Lipinski definition) is 8. The summed E-state index contributed by atoms with van der Waals surface area (Å²) in [6, 6.07) is 14.8. The monoisotopic (exact) mass is 561 g/mol. The Balaban J connectivity index is 1.77. The third kappa shape index (κ3) is 5.94. The maximum atomic E-state index is 12.3. The van der Waals surface area contributed by atoms with E-state index < -0.39 is 39.8 Å². The number of rotatable bonds is 9. The molecule has 2 aliphatic heterocycles. The van der Waals surface area contributed by atoms with Crippen LogP contribution in [0.15, 0.2) is 48.5 Å². The van der Waals surface area contributed by atoms with E-state index in [4.69, 9.17) is 4.74 Å². The lowest BCUT2D eigenvalue weighted by Crippen LogP contribution is -2.49. The van der Waals surface area contributed by atoms with E-state index in [1.165, 1.54) is 4.31 Å². The first-order valence-corrected chi connectivity index (χ1v) is 14.5. The van der Waals surface area contributed by atoms with Crippen molar-refractivity contribution in [1.82, 2.24) is 9.21 Å². The van der Waals surface area contributed by atoms with E-state index >= 15 is 0 Å². The van der Waals surface area contributed by atoms with E-state index in [0.717, 1.165) is 11.3 Å². The number of carboxylic acids is 2. The van der Waals surface area contributed by atoms with Crippen molar-refractivity contribution in [3.05, 3.63) is 65.2 Å². The SMILES string of the molecule is CCS(=O)(=O)N1CCN(c2ccc3c(c2)CN(C)CCC3(O[C@@H](C(=O)O)[C@@H](O)C(=O)O)c2ccccc2)CC1. The molecule has 0 radical (unpaired) electrons. The smallest absolute Gasteiger partial charge is 0.336 e. The Morgan fingerprint density at radius 2 is 1.67 bits per heavy atom. The normalized spacial score (nSPS) is 22.5. The van der Waals surface area contributed by atoms with E-state index in [1.54, 1.807) is 19.1 Å². The van der Waals surface area contributed by atoms with Crippen molar-refractivity contribution in [1.29, 1.82) is 0 Å². The molecular weight excluding hydrogens is 526 g/mol. The van der Waals surface area contributed by atoms with Crippen molar-refractivity contribution in [2.45, 2.75) is 37.7 Å². The standard InChI is InChI=1S/C27H35N3O8S/c1-3-39(36,37)30-15-13-29(14-16-30)21-9-10-22-19(17-21)18-28(2)12-11-27(22,20-7-5-4-6-8-20)38-24(26(34)35)23(31)25(32)33/h4-10,17,23-24,31H,3,11-16,18H2,1-2H3,(H,32,33)(H,34,35)/t23-,24-,27?/m1/s1. The average Bonchev–Trinajstić information content (AvgIpc) is 3.07. The van der Waals surface area contributed by atoms with Gasteiger partial charge in [-0.25, -0.2) is 18.0 Å². The van der Waals surface area contributed by atoms with Gasteiger partial charge in [0.1, 0.15) is 5.60 Å². The van der Waals surface area contributed by atoms with Crippen molar-refractivity contribution >= 4 is 27.6 Å². The van der Waals surface area contributed by atoms with Crippen LogP contribution < -0.4 is 4.90 Å². The molecule has 2 aliphatic rings. The molecule has 2 heterocycles. The van der Waals surface area contributed by atoms with Gasteiger partial charge in [-0.1, -0.05) is 36.4 Å². The lowest BCUT2D eigenvalue weighted by Gasteiger charge is -2.39. The molecule has 4 rings (SSSR count). The summed E-state index contributed by atoms with van der Waals surface area (Å²) >= 11 is 0. The predicted molar refractivity (Wildman–Crippen MR) is 144 cm³/mol. The minimum Gasteiger partial charge on any atom is -0.479 e. The van der Waals surface area contributed by atoms with Gasteiger partial charge in [0.2, 0.25) is 10.0 Å². The van der Waals surface area contributed by atoms with Crippen LogP contribution in [-0.4, -0.2) is 103 Å². The molecule has 3 N–H and O–H groups in total. The first kappa shape index (κ1) is 29.0. The molecule has 2 aromatic carbocycles. The van der Waals surface area contributed by atoms with Gasteiger partial charge in [0.05, 0.1) is 5.75 Å². The molecule has 0 spiro atoms. The summed E-state index contributed by atoms with van der Waals surface area (Å²) in [6.07, 6.45) is -3.95. The number of piperazine rings is 1. The van der Waals surface area contributed by atoms with Crippen molar-refractivity contribution in [3.63, 3.8) is 0 Å². The summed E-state index contributed by atoms with van der Waals surface area (Å²) in [5.74, 6) is -3.19. The topological polar surface area (TPSA) is 148 Å². The Kier molecular flexibility index (Phi) is 8.62. The second kappa shape index (κ2) is 11.6. The van der Waals surface area contributed by atoms with Crippen LogP contribution in [0.3, 0.4) is 0 Å². The number of nitrogens with zero attached hydrogens (tertiary/aromatic N) is 3. The van der Waals surface area contributed by atoms with Gasteiger partial charge in [-0.15, -0.1) is 0 Å². The van der Waals surface area contributed by atoms with Gasteiger partial charge >= 0.3 is 11.9 Å². The van der Waals surface area contributed by atoms with Crippen LogP contribution in [0.4, 0.5) is 5.69 Å². The van der Waals surface area contributed by atoms with Crippen LogP contribution in [0.25, 0.3) is 0 Å². The van der Waals surface area contributed by atoms with E-state index in [9.17, 15) is 33.3 Å². The highest BCUT2D eigenvalue weighted by Crippen LogP contribution is 2.43. The Labute approximate surface area is 228 Å². The van der Waals surface area contributed by atoms with E-state index in [0.29, 0.717) is 56.8 Å². The van der Waals surface area contributed by atoms with Crippen LogP contribution in [0, 0.1) is 0 Å². The number of aliphatic hydroxyl groups excluding tert-OH is 1. The van der Waals surface area contributed by atoms with Gasteiger partial charge in [-0.3, -0.25) is 0 Å². The second-order valence-electron chi connectivity index (χ2n) is 9.97. The van der Waals surface area contributed by atoms with Crippen molar-refractivity contribution in [2.24, 2.45) is 0 Å². The number of carbonyl (C=O) groups is 2. The maximum Gasteiger partial charge on any atom is 0.336 e. The van der Waals surface area contributed by atoms with Crippen LogP contribution >= 0.6 is 0 Å². The van der Waals surface area contributed by atoms with Crippen molar-refractivity contribution in [3.8, 4) is 0 Å². The zero-order chi connectivity index (χ0) is 28.4. The summed E-state index contributed by atoms with van der Waals surface area (Å²) < 4.78 is 32.3. The number of fused-ring (bicyclic) bond motifs is 1. The van der Waals surface area contributed by atoms with E-state index in [1.807, 2.05) is 43.4 Å². The number of sulfonamides is 1. The molecule has 212 valence electrons. The highest BCUT2D eigenvalue weighted by Gasteiger charge is 2.46. The molecule has 3 atom stereocenters. The van der Waals surface area contributed by atoms with E-state index in [2.05, 4.69) is 9.80 Å². The Bertz CT molecular complexity index is 1300. The number of hydrogen-bond donors (Lipinski definition) is 3.